The van der Waals surface area contributed by atoms with E-state index < -0.39 is 0 Å². The lowest BCUT2D eigenvalue weighted by Crippen LogP contribution is -2.27. The van der Waals surface area contributed by atoms with Gasteiger partial charge in [0.15, 0.2) is 0 Å². The number of fused-ring (bicyclic) bond motifs is 14. The zero-order chi connectivity index (χ0) is 76.7. The SMILES string of the molecule is CCCCCCCCCCCc1c(/C=C/C=C2\SC(=S)N(CC)C2=O)sc2c1sc1c3c4nsnc4c4c5sc6c(CCCCCCCCCCC)c(/C=C/C=C7\SC(=S)N(CC)C7=O)sc6c5n(CC(CCCCCCCC)CCCCCCCCCC)c4c3n(CC(CCCCCC)CCCCCCCC)c21. The average molecular weight is 1650 g/mol. The molecule has 8 nitrogen and oxygen atoms in total. The fraction of sp³-hybridized carbons (Fsp3) is 0.674. The largest absolute Gasteiger partial charge is 0.337 e. The van der Waals surface area contributed by atoms with Gasteiger partial charge in [0.1, 0.15) is 19.7 Å². The Morgan fingerprint density at radius 2 is 0.642 bits per heavy atom. The number of carbonyl (C=O) groups excluding carboxylic acids is 2. The summed E-state index contributed by atoms with van der Waals surface area (Å²) in [5.74, 6) is 1.10. The molecule has 17 heteroatoms. The molecule has 2 atom stereocenters. The third-order valence-corrected chi connectivity index (χ3v) is 32.1. The standard InChI is InChI=1S/C92H136N6O2S9/c1-9-17-23-29-34-37-40-45-51-59-69-71(61-53-63-73-89(99)95(15-7)91(101)105-73)103-87-81-85(107-83(69)87)75-77-78(94-109-93-77)76-80(79(75)97(81)65-67(55-47-28-22-14-6)56-48-42-32-26-20-12-4)98(66-68(57-49-43-33-27-21-13-5)58-50-44-39-36-31-25-19-11-3)82-86(76)108-84-70(60-52-46-41-38-35-30-24-18-10-2)72(104-88(82)84)62-54-64-74-90(100)96(16-8)92(102)106-74/h53-54,61-64,67-68H,9-52,55-60,65-66H2,1-8H3/b61-53+,62-54+,73-63-,74-64-. The number of benzene rings is 1. The van der Waals surface area contributed by atoms with Crippen LogP contribution in [0.25, 0.3) is 84.2 Å². The molecule has 600 valence electrons. The Morgan fingerprint density at radius 3 is 0.945 bits per heavy atom. The van der Waals surface area contributed by atoms with Crippen molar-refractivity contribution in [2.45, 2.75) is 377 Å². The molecule has 109 heavy (non-hydrogen) atoms. The zero-order valence-electron chi connectivity index (χ0n) is 68.6. The molecule has 0 radical (unpaired) electrons. The van der Waals surface area contributed by atoms with E-state index in [-0.39, 0.29) is 11.8 Å². The van der Waals surface area contributed by atoms with Crippen molar-refractivity contribution in [3.05, 3.63) is 55.0 Å². The summed E-state index contributed by atoms with van der Waals surface area (Å²) in [7, 11) is 0. The number of aromatic nitrogens is 4. The number of thiocarbonyl (C=S) groups is 2. The van der Waals surface area contributed by atoms with Crippen molar-refractivity contribution in [2.75, 3.05) is 13.1 Å². The van der Waals surface area contributed by atoms with Crippen LogP contribution >= 0.6 is 105 Å². The van der Waals surface area contributed by atoms with Gasteiger partial charge in [-0.1, -0.05) is 358 Å². The van der Waals surface area contributed by atoms with Gasteiger partial charge in [0.05, 0.1) is 71.8 Å². The first-order valence-electron chi connectivity index (χ1n) is 44.4. The first-order valence-corrected chi connectivity index (χ1v) is 50.9. The fourth-order valence-corrected chi connectivity index (χ4v) is 26.4. The van der Waals surface area contributed by atoms with Crippen molar-refractivity contribution in [3.8, 4) is 0 Å². The Balaban J connectivity index is 1.22. The number of hydrogen-bond donors (Lipinski definition) is 0. The Kier molecular flexibility index (Phi) is 38.6. The van der Waals surface area contributed by atoms with Crippen LogP contribution in [0.2, 0.25) is 0 Å². The molecule has 8 aromatic rings. The van der Waals surface area contributed by atoms with Crippen molar-refractivity contribution in [2.24, 2.45) is 11.8 Å². The van der Waals surface area contributed by atoms with Crippen LogP contribution < -0.4 is 0 Å². The second kappa shape index (κ2) is 47.7. The molecule has 2 unspecified atom stereocenters. The predicted octanol–water partition coefficient (Wildman–Crippen LogP) is 32.4. The minimum Gasteiger partial charge on any atom is -0.337 e. The summed E-state index contributed by atoms with van der Waals surface area (Å²) in [5.41, 5.74) is 10.8. The molecule has 0 saturated carbocycles. The highest BCUT2D eigenvalue weighted by Gasteiger charge is 2.35. The lowest BCUT2D eigenvalue weighted by molar-refractivity contribution is -0.122. The third-order valence-electron chi connectivity index (χ3n) is 23.6. The van der Waals surface area contributed by atoms with Gasteiger partial charge >= 0.3 is 0 Å². The molecular formula is C92H136N6O2S9. The second-order valence-corrected chi connectivity index (χ2v) is 40.2. The Labute approximate surface area is 697 Å². The molecule has 2 fully saturated rings. The maximum Gasteiger partial charge on any atom is 0.266 e. The number of amides is 2. The number of rotatable bonds is 58. The second-order valence-electron chi connectivity index (χ2n) is 32.1. The quantitative estimate of drug-likeness (QED) is 0.0212. The number of carbonyl (C=O) groups is 2. The number of thiophene rings is 4. The number of likely N-dealkylation sites (N-methyl/N-ethyl adjacent to an activating group) is 2. The van der Waals surface area contributed by atoms with Crippen molar-refractivity contribution in [1.82, 2.24) is 27.7 Å². The van der Waals surface area contributed by atoms with E-state index in [1.165, 1.54) is 413 Å². The monoisotopic (exact) mass is 1640 g/mol. The van der Waals surface area contributed by atoms with Gasteiger partial charge in [-0.25, -0.2) is 0 Å². The molecule has 2 amide bonds. The summed E-state index contributed by atoms with van der Waals surface area (Å²) in [6, 6.07) is 0. The van der Waals surface area contributed by atoms with E-state index in [1.54, 1.807) is 9.80 Å². The number of unbranched alkanes of at least 4 members (excludes halogenated alkanes) is 36. The molecular weight excluding hydrogens is 1510 g/mol. The first kappa shape index (κ1) is 88.1. The van der Waals surface area contributed by atoms with Crippen LogP contribution in [-0.2, 0) is 35.5 Å². The normalized spacial score (nSPS) is 15.4. The summed E-state index contributed by atoms with van der Waals surface area (Å²) in [4.78, 5) is 35.0. The molecule has 2 aliphatic rings. The van der Waals surface area contributed by atoms with E-state index >= 15 is 0 Å². The van der Waals surface area contributed by atoms with Gasteiger partial charge < -0.3 is 9.13 Å². The summed E-state index contributed by atoms with van der Waals surface area (Å²) < 4.78 is 27.0. The fourth-order valence-electron chi connectivity index (χ4n) is 17.3. The molecule has 1 aromatic carbocycles. The van der Waals surface area contributed by atoms with Gasteiger partial charge in [0.2, 0.25) is 0 Å². The van der Waals surface area contributed by atoms with E-state index in [0.29, 0.717) is 43.4 Å². The number of thioether (sulfide) groups is 2. The van der Waals surface area contributed by atoms with Gasteiger partial charge in [0, 0.05) is 46.7 Å². The molecule has 7 aromatic heterocycles. The molecule has 0 bridgehead atoms. The van der Waals surface area contributed by atoms with Crippen molar-refractivity contribution in [3.63, 3.8) is 0 Å². The van der Waals surface area contributed by atoms with Gasteiger partial charge in [-0.2, -0.15) is 8.75 Å². The third kappa shape index (κ3) is 23.5. The van der Waals surface area contributed by atoms with Crippen LogP contribution in [0.15, 0.2) is 34.1 Å². The average Bonchev–Trinajstić information content (AvgIpc) is 1.51. The molecule has 2 saturated heterocycles. The smallest absolute Gasteiger partial charge is 0.266 e. The lowest BCUT2D eigenvalue weighted by atomic mass is 9.93. The Bertz CT molecular complexity index is 4290. The van der Waals surface area contributed by atoms with Crippen LogP contribution in [0, 0.1) is 11.8 Å². The van der Waals surface area contributed by atoms with Crippen molar-refractivity contribution in [1.29, 1.82) is 0 Å². The summed E-state index contributed by atoms with van der Waals surface area (Å²) in [6.07, 6.45) is 75.1. The molecule has 9 heterocycles. The minimum absolute atomic E-state index is 0.0213. The van der Waals surface area contributed by atoms with Gasteiger partial charge in [0.25, 0.3) is 11.8 Å². The van der Waals surface area contributed by atoms with Crippen molar-refractivity contribution >= 4 is 210 Å². The van der Waals surface area contributed by atoms with Gasteiger partial charge in [-0.05, 0) is 112 Å². The van der Waals surface area contributed by atoms with E-state index in [2.05, 4.69) is 97.7 Å². The van der Waals surface area contributed by atoms with E-state index in [0.717, 1.165) is 37.0 Å². The van der Waals surface area contributed by atoms with Crippen molar-refractivity contribution < 1.29 is 9.59 Å². The van der Waals surface area contributed by atoms with E-state index in [1.807, 2.05) is 48.7 Å². The number of aryl methyl sites for hydroxylation is 2. The van der Waals surface area contributed by atoms with Crippen LogP contribution in [0.3, 0.4) is 0 Å². The number of hydrogen-bond acceptors (Lipinski definition) is 13. The Hall–Kier alpha value is -3.26. The Morgan fingerprint density at radius 1 is 0.349 bits per heavy atom. The van der Waals surface area contributed by atoms with Crippen LogP contribution in [-0.4, -0.2) is 61.2 Å². The van der Waals surface area contributed by atoms with Gasteiger partial charge in [-0.15, -0.1) is 45.3 Å². The zero-order valence-corrected chi connectivity index (χ0v) is 75.9. The molecule has 0 aliphatic carbocycles. The first-order chi connectivity index (χ1) is 53.5. The van der Waals surface area contributed by atoms with Crippen LogP contribution in [0.1, 0.15) is 372 Å². The maximum atomic E-state index is 13.7. The highest BCUT2D eigenvalue weighted by atomic mass is 32.2. The summed E-state index contributed by atoms with van der Waals surface area (Å²) in [5, 5.41) is 2.67. The predicted molar refractivity (Wildman–Crippen MR) is 500 cm³/mol. The summed E-state index contributed by atoms with van der Waals surface area (Å²) in [6.45, 7) is 21.2. The molecule has 0 N–H and O–H groups in total. The highest BCUT2D eigenvalue weighted by Crippen LogP contribution is 2.56. The van der Waals surface area contributed by atoms with Gasteiger partial charge in [-0.3, -0.25) is 19.4 Å². The van der Waals surface area contributed by atoms with Crippen LogP contribution in [0.5, 0.6) is 0 Å². The highest BCUT2D eigenvalue weighted by molar-refractivity contribution is 8.27. The molecule has 2 aliphatic heterocycles. The summed E-state index contributed by atoms with van der Waals surface area (Å²) >= 11 is 24.0. The number of allylic oxidation sites excluding steroid dienone is 4. The topological polar surface area (TPSA) is 76.3 Å². The van der Waals surface area contributed by atoms with Crippen LogP contribution in [0.4, 0.5) is 0 Å². The maximum absolute atomic E-state index is 13.7. The van der Waals surface area contributed by atoms with E-state index in [4.69, 9.17) is 33.2 Å². The molecule has 0 spiro atoms. The molecule has 10 rings (SSSR count). The number of nitrogens with zero attached hydrogens (tertiary/aromatic N) is 6. The minimum atomic E-state index is 0.0213. The van der Waals surface area contributed by atoms with E-state index in [9.17, 15) is 9.59 Å². The lowest BCUT2D eigenvalue weighted by Gasteiger charge is -2.22.